The first-order valence-corrected chi connectivity index (χ1v) is 10.2. The summed E-state index contributed by atoms with van der Waals surface area (Å²) < 4.78 is 16.2. The Morgan fingerprint density at radius 1 is 1.18 bits per heavy atom. The van der Waals surface area contributed by atoms with Crippen LogP contribution in [0.1, 0.15) is 12.5 Å². The lowest BCUT2D eigenvalue weighted by atomic mass is 9.93. The van der Waals surface area contributed by atoms with Crippen molar-refractivity contribution in [3.05, 3.63) is 94.6 Å². The highest BCUT2D eigenvalue weighted by Crippen LogP contribution is 2.29. The van der Waals surface area contributed by atoms with E-state index >= 15 is 0 Å². The number of benzene rings is 2. The third-order valence-electron chi connectivity index (χ3n) is 4.86. The lowest BCUT2D eigenvalue weighted by molar-refractivity contribution is -0.145. The van der Waals surface area contributed by atoms with E-state index in [0.29, 0.717) is 16.7 Å². The monoisotopic (exact) mass is 441 g/mol. The number of rotatable bonds is 6. The molecule has 0 fully saturated rings. The Bertz CT molecular complexity index is 1380. The van der Waals surface area contributed by atoms with Crippen molar-refractivity contribution in [1.82, 2.24) is 0 Å². The third-order valence-corrected chi connectivity index (χ3v) is 4.86. The molecule has 0 amide bonds. The van der Waals surface area contributed by atoms with Gasteiger partial charge in [-0.1, -0.05) is 36.4 Å². The van der Waals surface area contributed by atoms with Gasteiger partial charge in [-0.2, -0.15) is 10.4 Å². The summed E-state index contributed by atoms with van der Waals surface area (Å²) in [6, 6.07) is 19.7. The number of ether oxygens (including phenoxy) is 2. The van der Waals surface area contributed by atoms with E-state index in [0.717, 1.165) is 0 Å². The van der Waals surface area contributed by atoms with Crippen LogP contribution in [0.3, 0.4) is 0 Å². The molecule has 2 aromatic carbocycles. The van der Waals surface area contributed by atoms with Gasteiger partial charge in [0.1, 0.15) is 28.9 Å². The van der Waals surface area contributed by atoms with E-state index in [1.54, 1.807) is 43.3 Å². The predicted molar refractivity (Wildman–Crippen MR) is 123 cm³/mol. The zero-order valence-electron chi connectivity index (χ0n) is 17.6. The maximum atomic E-state index is 12.7. The molecule has 0 saturated carbocycles. The van der Waals surface area contributed by atoms with E-state index in [4.69, 9.17) is 13.9 Å². The van der Waals surface area contributed by atoms with Gasteiger partial charge in [0.2, 0.25) is 0 Å². The van der Waals surface area contributed by atoms with Crippen LogP contribution in [0.15, 0.2) is 92.9 Å². The van der Waals surface area contributed by atoms with E-state index in [1.165, 1.54) is 12.3 Å². The normalized spacial score (nSPS) is 15.6. The third kappa shape index (κ3) is 4.67. The Balaban J connectivity index is 1.71. The first-order valence-electron chi connectivity index (χ1n) is 10.2. The summed E-state index contributed by atoms with van der Waals surface area (Å²) in [5, 5.41) is 14.5. The van der Waals surface area contributed by atoms with Gasteiger partial charge in [-0.05, 0) is 37.3 Å². The van der Waals surface area contributed by atoms with Crippen molar-refractivity contribution in [2.24, 2.45) is 11.0 Å². The van der Waals surface area contributed by atoms with Crippen LogP contribution in [0.4, 0.5) is 5.69 Å². The number of nitrogens with zero attached hydrogens (tertiary/aromatic N) is 2. The summed E-state index contributed by atoms with van der Waals surface area (Å²) in [6.07, 6.45) is 2.67. The fourth-order valence-corrected chi connectivity index (χ4v) is 3.29. The van der Waals surface area contributed by atoms with Crippen LogP contribution < -0.4 is 11.1 Å². The number of nitrogens with one attached hydrogen (secondary N) is 1. The number of anilines is 1. The maximum Gasteiger partial charge on any atom is 0.347 e. The average molecular weight is 441 g/mol. The molecule has 2 heterocycles. The van der Waals surface area contributed by atoms with Crippen LogP contribution in [0.25, 0.3) is 16.7 Å². The topological polar surface area (TPSA) is 114 Å². The standard InChI is InChI=1S/C25H19N3O5/c1-2-31-24(29)18-13-23(19-12-16-8-6-7-11-22(16)33-25(19)30)32-15-20(18)21(14-26)28-27-17-9-4-3-5-10-17/h3-13,15,18,27H,2H2,1H3/b28-21+. The van der Waals surface area contributed by atoms with E-state index in [9.17, 15) is 14.9 Å². The van der Waals surface area contributed by atoms with Gasteiger partial charge in [-0.3, -0.25) is 10.2 Å². The molecule has 0 saturated heterocycles. The van der Waals surface area contributed by atoms with E-state index in [1.807, 2.05) is 30.3 Å². The first-order chi connectivity index (χ1) is 16.1. The predicted octanol–water partition coefficient (Wildman–Crippen LogP) is 4.22. The van der Waals surface area contributed by atoms with Crippen LogP contribution in [0, 0.1) is 17.2 Å². The van der Waals surface area contributed by atoms with Crippen LogP contribution in [0.2, 0.25) is 0 Å². The Morgan fingerprint density at radius 2 is 1.94 bits per heavy atom. The fourth-order valence-electron chi connectivity index (χ4n) is 3.29. The molecule has 1 N–H and O–H groups in total. The number of hydrogen-bond acceptors (Lipinski definition) is 8. The number of hydrazone groups is 1. The second kappa shape index (κ2) is 9.66. The Kier molecular flexibility index (Phi) is 6.32. The van der Waals surface area contributed by atoms with E-state index < -0.39 is 17.5 Å². The first kappa shape index (κ1) is 21.6. The molecule has 1 aliphatic rings. The van der Waals surface area contributed by atoms with Crippen molar-refractivity contribution in [3.8, 4) is 6.07 Å². The van der Waals surface area contributed by atoms with Gasteiger partial charge in [0.25, 0.3) is 0 Å². The quantitative estimate of drug-likeness (QED) is 0.264. The number of esters is 1. The molecule has 8 heteroatoms. The molecule has 8 nitrogen and oxygen atoms in total. The Labute approximate surface area is 189 Å². The lowest BCUT2D eigenvalue weighted by Gasteiger charge is -2.21. The maximum absolute atomic E-state index is 12.7. The summed E-state index contributed by atoms with van der Waals surface area (Å²) in [5.74, 6) is -1.47. The summed E-state index contributed by atoms with van der Waals surface area (Å²) >= 11 is 0. The largest absolute Gasteiger partial charge is 0.465 e. The minimum absolute atomic E-state index is 0.0576. The van der Waals surface area contributed by atoms with Gasteiger partial charge in [-0.15, -0.1) is 0 Å². The Hall–Kier alpha value is -4.64. The van der Waals surface area contributed by atoms with Crippen molar-refractivity contribution in [2.45, 2.75) is 6.92 Å². The molecule has 1 aromatic heterocycles. The molecule has 4 rings (SSSR count). The second-order valence-electron chi connectivity index (χ2n) is 6.99. The van der Waals surface area contributed by atoms with Gasteiger partial charge in [-0.25, -0.2) is 4.79 Å². The van der Waals surface area contributed by atoms with Crippen LogP contribution in [-0.2, 0) is 14.3 Å². The lowest BCUT2D eigenvalue weighted by Crippen LogP contribution is -2.26. The highest BCUT2D eigenvalue weighted by atomic mass is 16.5. The van der Waals surface area contributed by atoms with Crippen molar-refractivity contribution in [2.75, 3.05) is 12.0 Å². The molecular formula is C25H19N3O5. The minimum atomic E-state index is -1.00. The number of carbonyl (C=O) groups is 1. The zero-order valence-corrected chi connectivity index (χ0v) is 17.6. The summed E-state index contributed by atoms with van der Waals surface area (Å²) in [6.45, 7) is 1.82. The number of nitriles is 1. The molecule has 1 unspecified atom stereocenters. The van der Waals surface area contributed by atoms with Gasteiger partial charge in [0.05, 0.1) is 18.6 Å². The summed E-state index contributed by atoms with van der Waals surface area (Å²) in [4.78, 5) is 25.3. The van der Waals surface area contributed by atoms with Crippen molar-refractivity contribution in [3.63, 3.8) is 0 Å². The van der Waals surface area contributed by atoms with Gasteiger partial charge < -0.3 is 13.9 Å². The zero-order chi connectivity index (χ0) is 23.2. The number of carbonyl (C=O) groups excluding carboxylic acids is 1. The SMILES string of the molecule is CCOC(=O)C1C=C(c2cc3ccccc3oc2=O)OC=C1/C(C#N)=N/Nc1ccccc1. The second-order valence-corrected chi connectivity index (χ2v) is 6.99. The van der Waals surface area contributed by atoms with Gasteiger partial charge >= 0.3 is 11.6 Å². The molecule has 33 heavy (non-hydrogen) atoms. The fraction of sp³-hybridized carbons (Fsp3) is 0.120. The number of fused-ring (bicyclic) bond motifs is 1. The number of para-hydroxylation sites is 2. The van der Waals surface area contributed by atoms with Crippen molar-refractivity contribution >= 4 is 34.1 Å². The molecule has 164 valence electrons. The molecule has 0 spiro atoms. The molecular weight excluding hydrogens is 422 g/mol. The smallest absolute Gasteiger partial charge is 0.347 e. The van der Waals surface area contributed by atoms with E-state index in [2.05, 4.69) is 10.5 Å². The van der Waals surface area contributed by atoms with Crippen LogP contribution >= 0.6 is 0 Å². The summed E-state index contributed by atoms with van der Waals surface area (Å²) in [5.41, 5.74) is 3.57. The van der Waals surface area contributed by atoms with Crippen molar-refractivity contribution in [1.29, 1.82) is 5.26 Å². The highest BCUT2D eigenvalue weighted by molar-refractivity contribution is 6.14. The highest BCUT2D eigenvalue weighted by Gasteiger charge is 2.31. The number of hydrogen-bond donors (Lipinski definition) is 1. The van der Waals surface area contributed by atoms with E-state index in [-0.39, 0.29) is 29.2 Å². The molecule has 3 aromatic rings. The Morgan fingerprint density at radius 3 is 2.70 bits per heavy atom. The van der Waals surface area contributed by atoms with Crippen LogP contribution in [-0.4, -0.2) is 18.3 Å². The average Bonchev–Trinajstić information content (AvgIpc) is 2.85. The molecule has 0 radical (unpaired) electrons. The summed E-state index contributed by atoms with van der Waals surface area (Å²) in [7, 11) is 0. The van der Waals surface area contributed by atoms with Gasteiger partial charge in [0.15, 0.2) is 5.71 Å². The van der Waals surface area contributed by atoms with Crippen molar-refractivity contribution < 1.29 is 18.7 Å². The molecule has 0 bridgehead atoms. The molecule has 1 atom stereocenters. The molecule has 1 aliphatic heterocycles. The van der Waals surface area contributed by atoms with Gasteiger partial charge in [0, 0.05) is 11.0 Å². The molecule has 0 aliphatic carbocycles. The van der Waals surface area contributed by atoms with Crippen LogP contribution in [0.5, 0.6) is 0 Å². The minimum Gasteiger partial charge on any atom is -0.465 e.